The van der Waals surface area contributed by atoms with Crippen LogP contribution >= 0.6 is 11.3 Å². The van der Waals surface area contributed by atoms with Gasteiger partial charge < -0.3 is 14.8 Å². The number of ether oxygens (including phenoxy) is 2. The number of carbonyl (C=O) groups is 1. The van der Waals surface area contributed by atoms with Gasteiger partial charge in [0.1, 0.15) is 17.3 Å². The molecule has 2 aromatic heterocycles. The van der Waals surface area contributed by atoms with E-state index in [1.54, 1.807) is 18.6 Å². The molecule has 0 spiro atoms. The Kier molecular flexibility index (Phi) is 6.22. The molecule has 1 amide bonds. The predicted octanol–water partition coefficient (Wildman–Crippen LogP) is 1.80. The monoisotopic (exact) mass is 348 g/mol. The van der Waals surface area contributed by atoms with Crippen molar-refractivity contribution in [3.63, 3.8) is 0 Å². The molecule has 0 saturated carbocycles. The quantitative estimate of drug-likeness (QED) is 0.821. The maximum atomic E-state index is 11.8. The van der Waals surface area contributed by atoms with Crippen molar-refractivity contribution in [2.45, 2.75) is 31.9 Å². The first-order chi connectivity index (χ1) is 11.8. The minimum Gasteiger partial charge on any atom is -0.376 e. The molecule has 0 bridgehead atoms. The zero-order valence-electron chi connectivity index (χ0n) is 13.3. The number of hydrogen-bond donors (Lipinski definition) is 1. The topological polar surface area (TPSA) is 86.2 Å². The number of rotatable bonds is 7. The van der Waals surface area contributed by atoms with Crippen LogP contribution in [0.5, 0.6) is 0 Å². The molecule has 1 atom stereocenters. The maximum absolute atomic E-state index is 11.8. The Morgan fingerprint density at radius 2 is 2.38 bits per heavy atom. The first-order valence-corrected chi connectivity index (χ1v) is 8.86. The lowest BCUT2D eigenvalue weighted by molar-refractivity contribution is -0.128. The minimum atomic E-state index is -0.153. The molecular weight excluding hydrogens is 328 g/mol. The van der Waals surface area contributed by atoms with Gasteiger partial charge >= 0.3 is 0 Å². The van der Waals surface area contributed by atoms with Crippen LogP contribution in [-0.4, -0.2) is 46.8 Å². The standard InChI is InChI=1S/C16H20N4O3S/c21-15(10-22-9-13-3-1-2-6-23-13)19-7-12-11-24-16(20-12)14-8-17-4-5-18-14/h4-5,8,11,13H,1-3,6-7,9-10H2,(H,19,21)/t13-/m1/s1. The van der Waals surface area contributed by atoms with Crippen molar-refractivity contribution in [3.8, 4) is 10.7 Å². The largest absolute Gasteiger partial charge is 0.376 e. The second-order valence-electron chi connectivity index (χ2n) is 5.52. The summed E-state index contributed by atoms with van der Waals surface area (Å²) in [5, 5.41) is 5.50. The number of thiazole rings is 1. The van der Waals surface area contributed by atoms with E-state index < -0.39 is 0 Å². The van der Waals surface area contributed by atoms with Crippen LogP contribution in [0.15, 0.2) is 24.0 Å². The van der Waals surface area contributed by atoms with E-state index in [2.05, 4.69) is 20.3 Å². The third kappa shape index (κ3) is 5.05. The lowest BCUT2D eigenvalue weighted by atomic mass is 10.1. The Hall–Kier alpha value is -1.90. The van der Waals surface area contributed by atoms with Crippen molar-refractivity contribution in [3.05, 3.63) is 29.7 Å². The molecular formula is C16H20N4O3S. The number of hydrogen-bond acceptors (Lipinski definition) is 7. The smallest absolute Gasteiger partial charge is 0.246 e. The zero-order valence-corrected chi connectivity index (χ0v) is 14.1. The van der Waals surface area contributed by atoms with Crippen molar-refractivity contribution in [2.24, 2.45) is 0 Å². The van der Waals surface area contributed by atoms with Gasteiger partial charge in [0.05, 0.1) is 31.1 Å². The Bertz CT molecular complexity index is 644. The summed E-state index contributed by atoms with van der Waals surface area (Å²) in [6.07, 6.45) is 8.33. The summed E-state index contributed by atoms with van der Waals surface area (Å²) in [5.74, 6) is -0.153. The van der Waals surface area contributed by atoms with Crippen LogP contribution in [0.3, 0.4) is 0 Å². The van der Waals surface area contributed by atoms with E-state index in [1.165, 1.54) is 11.3 Å². The van der Waals surface area contributed by atoms with Gasteiger partial charge in [0.25, 0.3) is 0 Å². The summed E-state index contributed by atoms with van der Waals surface area (Å²) in [6.45, 7) is 1.68. The van der Waals surface area contributed by atoms with Gasteiger partial charge in [-0.1, -0.05) is 0 Å². The van der Waals surface area contributed by atoms with Gasteiger partial charge in [0.2, 0.25) is 5.91 Å². The summed E-state index contributed by atoms with van der Waals surface area (Å²) in [6, 6.07) is 0. The molecule has 2 aromatic rings. The number of carbonyl (C=O) groups excluding carboxylic acids is 1. The Morgan fingerprint density at radius 3 is 3.17 bits per heavy atom. The van der Waals surface area contributed by atoms with Crippen LogP contribution in [0.25, 0.3) is 10.7 Å². The number of nitrogens with zero attached hydrogens (tertiary/aromatic N) is 3. The molecule has 128 valence electrons. The van der Waals surface area contributed by atoms with Crippen molar-refractivity contribution < 1.29 is 14.3 Å². The molecule has 1 aliphatic rings. The molecule has 1 aliphatic heterocycles. The fraction of sp³-hybridized carbons (Fsp3) is 0.500. The molecule has 0 aliphatic carbocycles. The maximum Gasteiger partial charge on any atom is 0.246 e. The lowest BCUT2D eigenvalue weighted by Crippen LogP contribution is -2.30. The van der Waals surface area contributed by atoms with Gasteiger partial charge in [0.15, 0.2) is 0 Å². The predicted molar refractivity (Wildman–Crippen MR) is 89.4 cm³/mol. The summed E-state index contributed by atoms with van der Waals surface area (Å²) in [4.78, 5) is 24.5. The molecule has 0 aromatic carbocycles. The van der Waals surface area contributed by atoms with E-state index >= 15 is 0 Å². The van der Waals surface area contributed by atoms with E-state index in [0.717, 1.165) is 42.3 Å². The zero-order chi connectivity index (χ0) is 16.6. The summed E-state index contributed by atoms with van der Waals surface area (Å²) >= 11 is 1.48. The van der Waals surface area contributed by atoms with Crippen molar-refractivity contribution in [1.82, 2.24) is 20.3 Å². The van der Waals surface area contributed by atoms with E-state index in [9.17, 15) is 4.79 Å². The first-order valence-electron chi connectivity index (χ1n) is 7.98. The Balaban J connectivity index is 1.38. The molecule has 7 nitrogen and oxygen atoms in total. The van der Waals surface area contributed by atoms with Gasteiger partial charge in [-0.05, 0) is 19.3 Å². The van der Waals surface area contributed by atoms with Gasteiger partial charge in [-0.3, -0.25) is 14.8 Å². The van der Waals surface area contributed by atoms with Crippen LogP contribution in [0.2, 0.25) is 0 Å². The molecule has 3 rings (SSSR count). The molecule has 1 fully saturated rings. The lowest BCUT2D eigenvalue weighted by Gasteiger charge is -2.22. The third-order valence-corrected chi connectivity index (χ3v) is 4.53. The fourth-order valence-electron chi connectivity index (χ4n) is 2.38. The fourth-order valence-corrected chi connectivity index (χ4v) is 3.16. The van der Waals surface area contributed by atoms with Crippen LogP contribution in [0.4, 0.5) is 0 Å². The van der Waals surface area contributed by atoms with Crippen molar-refractivity contribution in [2.75, 3.05) is 19.8 Å². The molecule has 0 unspecified atom stereocenters. The van der Waals surface area contributed by atoms with E-state index in [4.69, 9.17) is 9.47 Å². The minimum absolute atomic E-state index is 0.0427. The van der Waals surface area contributed by atoms with Gasteiger partial charge in [-0.15, -0.1) is 11.3 Å². The highest BCUT2D eigenvalue weighted by Gasteiger charge is 2.14. The second-order valence-corrected chi connectivity index (χ2v) is 6.37. The molecule has 24 heavy (non-hydrogen) atoms. The van der Waals surface area contributed by atoms with Gasteiger partial charge in [0, 0.05) is 24.4 Å². The van der Waals surface area contributed by atoms with Gasteiger partial charge in [-0.25, -0.2) is 4.98 Å². The molecule has 1 saturated heterocycles. The number of amides is 1. The highest BCUT2D eigenvalue weighted by atomic mass is 32.1. The Morgan fingerprint density at radius 1 is 1.42 bits per heavy atom. The SMILES string of the molecule is O=C(COC[C@H]1CCCCO1)NCc1csc(-c2cnccn2)n1. The summed E-state index contributed by atoms with van der Waals surface area (Å²) < 4.78 is 11.0. The third-order valence-electron chi connectivity index (χ3n) is 3.61. The molecule has 1 N–H and O–H groups in total. The van der Waals surface area contributed by atoms with Crippen molar-refractivity contribution in [1.29, 1.82) is 0 Å². The summed E-state index contributed by atoms with van der Waals surface area (Å²) in [5.41, 5.74) is 1.53. The average molecular weight is 348 g/mol. The first kappa shape index (κ1) is 16.9. The second kappa shape index (κ2) is 8.81. The molecule has 3 heterocycles. The summed E-state index contributed by atoms with van der Waals surface area (Å²) in [7, 11) is 0. The van der Waals surface area contributed by atoms with Crippen LogP contribution in [0.1, 0.15) is 25.0 Å². The van der Waals surface area contributed by atoms with E-state index in [1.807, 2.05) is 5.38 Å². The normalized spacial score (nSPS) is 17.6. The Labute approximate surface area is 144 Å². The van der Waals surface area contributed by atoms with Gasteiger partial charge in [-0.2, -0.15) is 0 Å². The molecule has 8 heteroatoms. The average Bonchev–Trinajstić information content (AvgIpc) is 3.11. The van der Waals surface area contributed by atoms with E-state index in [-0.39, 0.29) is 18.6 Å². The van der Waals surface area contributed by atoms with Crippen molar-refractivity contribution >= 4 is 17.2 Å². The number of nitrogens with one attached hydrogen (secondary N) is 1. The van der Waals surface area contributed by atoms with E-state index in [0.29, 0.717) is 13.2 Å². The van der Waals surface area contributed by atoms with Crippen LogP contribution in [0, 0.1) is 0 Å². The highest BCUT2D eigenvalue weighted by Crippen LogP contribution is 2.20. The van der Waals surface area contributed by atoms with Crippen LogP contribution < -0.4 is 5.32 Å². The number of aromatic nitrogens is 3. The van der Waals surface area contributed by atoms with Crippen LogP contribution in [-0.2, 0) is 20.8 Å². The highest BCUT2D eigenvalue weighted by molar-refractivity contribution is 7.13. The molecule has 0 radical (unpaired) electrons.